The van der Waals surface area contributed by atoms with Gasteiger partial charge in [0, 0.05) is 0 Å². The molecule has 0 saturated heterocycles. The Morgan fingerprint density at radius 3 is 1.40 bits per heavy atom. The van der Waals surface area contributed by atoms with Gasteiger partial charge < -0.3 is 10.2 Å². The first-order chi connectivity index (χ1) is 1.73. The van der Waals surface area contributed by atoms with E-state index in [1.165, 1.54) is 6.92 Å². The van der Waals surface area contributed by atoms with Crippen molar-refractivity contribution in [2.75, 3.05) is 0 Å². The Bertz CT molecular complexity index is 12.4. The minimum atomic E-state index is -1.17. The Balaban J connectivity index is 0. The number of hydrogen-bond acceptors (Lipinski definition) is 2. The predicted octanol–water partition coefficient (Wildman–Crippen LogP) is -1.33. The van der Waals surface area contributed by atoms with E-state index in [4.69, 9.17) is 10.2 Å². The van der Waals surface area contributed by atoms with Crippen molar-refractivity contribution in [3.05, 3.63) is 0 Å². The van der Waals surface area contributed by atoms with Crippen LogP contribution in [0.3, 0.4) is 0 Å². The molecular weight excluding hydrogens is 95.1 g/mol. The van der Waals surface area contributed by atoms with Crippen molar-refractivity contribution >= 4 is 51.4 Å². The van der Waals surface area contributed by atoms with Crippen molar-refractivity contribution in [3.8, 4) is 0 Å². The average Bonchev–Trinajstić information content (AvgIpc) is 0.811. The monoisotopic (exact) mass is 102 g/mol. The van der Waals surface area contributed by atoms with E-state index in [2.05, 4.69) is 0 Å². The van der Waals surface area contributed by atoms with E-state index in [9.17, 15) is 0 Å². The summed E-state index contributed by atoms with van der Waals surface area (Å²) in [7, 11) is 0. The van der Waals surface area contributed by atoms with Crippen LogP contribution in [0.5, 0.6) is 0 Å². The standard InChI is InChI=1S/C2H6O2.K.H/c1-2(3)4;;/h2-4H,1H3;;. The maximum absolute atomic E-state index is 7.61. The molecule has 0 bridgehead atoms. The Kier molecular flexibility index (Phi) is 10.8. The van der Waals surface area contributed by atoms with Crippen molar-refractivity contribution in [1.82, 2.24) is 0 Å². The SMILES string of the molecule is CC(O)O.[KH]. The second-order valence-electron chi connectivity index (χ2n) is 0.632. The molecular formula is C2H7KO2. The Hall–Kier alpha value is 1.56. The third-order valence-electron chi connectivity index (χ3n) is 0. The molecule has 0 saturated carbocycles. The Labute approximate surface area is 73.6 Å². The van der Waals surface area contributed by atoms with Gasteiger partial charge in [0.2, 0.25) is 0 Å². The van der Waals surface area contributed by atoms with E-state index in [0.29, 0.717) is 0 Å². The minimum absolute atomic E-state index is 0. The van der Waals surface area contributed by atoms with Gasteiger partial charge in [-0.1, -0.05) is 0 Å². The predicted molar refractivity (Wildman–Crippen MR) is 21.0 cm³/mol. The van der Waals surface area contributed by atoms with E-state index >= 15 is 0 Å². The third kappa shape index (κ3) is 29.0. The van der Waals surface area contributed by atoms with Gasteiger partial charge in [0.15, 0.2) is 0 Å². The first kappa shape index (κ1) is 9.75. The molecule has 0 atom stereocenters. The Morgan fingerprint density at radius 2 is 1.40 bits per heavy atom. The van der Waals surface area contributed by atoms with Crippen LogP contribution in [0.1, 0.15) is 6.92 Å². The van der Waals surface area contributed by atoms with Crippen LogP contribution in [0.4, 0.5) is 0 Å². The van der Waals surface area contributed by atoms with Gasteiger partial charge in [0.25, 0.3) is 0 Å². The van der Waals surface area contributed by atoms with Gasteiger partial charge >= 0.3 is 51.4 Å². The molecule has 0 fully saturated rings. The summed E-state index contributed by atoms with van der Waals surface area (Å²) in [5.74, 6) is 0. The topological polar surface area (TPSA) is 40.5 Å². The van der Waals surface area contributed by atoms with Gasteiger partial charge in [-0.3, -0.25) is 0 Å². The fourth-order valence-electron chi connectivity index (χ4n) is 0. The summed E-state index contributed by atoms with van der Waals surface area (Å²) in [6.07, 6.45) is -1.17. The summed E-state index contributed by atoms with van der Waals surface area (Å²) in [4.78, 5) is 0. The zero-order valence-corrected chi connectivity index (χ0v) is 2.47. The van der Waals surface area contributed by atoms with Crippen molar-refractivity contribution in [1.29, 1.82) is 0 Å². The van der Waals surface area contributed by atoms with Gasteiger partial charge in [0.05, 0.1) is 0 Å². The normalized spacial score (nSPS) is 7.20. The van der Waals surface area contributed by atoms with E-state index in [0.717, 1.165) is 0 Å². The van der Waals surface area contributed by atoms with Gasteiger partial charge in [-0.05, 0) is 6.92 Å². The molecule has 0 aromatic carbocycles. The van der Waals surface area contributed by atoms with Crippen molar-refractivity contribution < 1.29 is 10.2 Å². The third-order valence-corrected chi connectivity index (χ3v) is 0. The van der Waals surface area contributed by atoms with Crippen LogP contribution in [-0.2, 0) is 0 Å². The number of hydrogen-bond donors (Lipinski definition) is 2. The molecule has 28 valence electrons. The van der Waals surface area contributed by atoms with Gasteiger partial charge in [-0.2, -0.15) is 0 Å². The summed E-state index contributed by atoms with van der Waals surface area (Å²) in [6.45, 7) is 1.28. The van der Waals surface area contributed by atoms with E-state index in [-0.39, 0.29) is 51.4 Å². The molecule has 5 heavy (non-hydrogen) atoms. The molecule has 0 aliphatic carbocycles. The zero-order valence-electron chi connectivity index (χ0n) is 2.47. The van der Waals surface area contributed by atoms with Crippen LogP contribution < -0.4 is 0 Å². The molecule has 2 N–H and O–H groups in total. The van der Waals surface area contributed by atoms with Crippen molar-refractivity contribution in [3.63, 3.8) is 0 Å². The summed E-state index contributed by atoms with van der Waals surface area (Å²) in [5, 5.41) is 15.2. The zero-order chi connectivity index (χ0) is 3.58. The summed E-state index contributed by atoms with van der Waals surface area (Å²) in [6, 6.07) is 0. The van der Waals surface area contributed by atoms with Gasteiger partial charge in [0.1, 0.15) is 6.29 Å². The molecule has 0 unspecified atom stereocenters. The number of rotatable bonds is 0. The van der Waals surface area contributed by atoms with Crippen LogP contribution in [0, 0.1) is 0 Å². The first-order valence-corrected chi connectivity index (χ1v) is 1.09. The van der Waals surface area contributed by atoms with Crippen LogP contribution in [-0.4, -0.2) is 67.9 Å². The quantitative estimate of drug-likeness (QED) is 0.294. The second kappa shape index (κ2) is 5.56. The molecule has 0 aliphatic heterocycles. The molecule has 0 rings (SSSR count). The number of aliphatic hydroxyl groups excluding tert-OH is 1. The van der Waals surface area contributed by atoms with Crippen molar-refractivity contribution in [2.45, 2.75) is 13.2 Å². The molecule has 0 aromatic rings. The van der Waals surface area contributed by atoms with Crippen molar-refractivity contribution in [2.24, 2.45) is 0 Å². The molecule has 3 heteroatoms. The molecule has 0 amide bonds. The van der Waals surface area contributed by atoms with E-state index < -0.39 is 6.29 Å². The van der Waals surface area contributed by atoms with Crippen LogP contribution in [0.15, 0.2) is 0 Å². The van der Waals surface area contributed by atoms with E-state index in [1.54, 1.807) is 0 Å². The average molecular weight is 102 g/mol. The fourth-order valence-corrected chi connectivity index (χ4v) is 0. The van der Waals surface area contributed by atoms with Crippen LogP contribution in [0.25, 0.3) is 0 Å². The summed E-state index contributed by atoms with van der Waals surface area (Å²) in [5.41, 5.74) is 0. The fraction of sp³-hybridized carbons (Fsp3) is 1.00. The maximum atomic E-state index is 7.61. The molecule has 2 nitrogen and oxygen atoms in total. The number of aliphatic hydroxyl groups is 2. The van der Waals surface area contributed by atoms with E-state index in [1.807, 2.05) is 0 Å². The summed E-state index contributed by atoms with van der Waals surface area (Å²) >= 11 is 0. The molecule has 0 aromatic heterocycles. The van der Waals surface area contributed by atoms with Gasteiger partial charge in [-0.25, -0.2) is 0 Å². The van der Waals surface area contributed by atoms with Crippen LogP contribution in [0.2, 0.25) is 0 Å². The summed E-state index contributed by atoms with van der Waals surface area (Å²) < 4.78 is 0. The first-order valence-electron chi connectivity index (χ1n) is 1.09. The molecule has 0 heterocycles. The second-order valence-corrected chi connectivity index (χ2v) is 0.632. The molecule has 0 spiro atoms. The van der Waals surface area contributed by atoms with Crippen LogP contribution >= 0.6 is 0 Å². The molecule has 0 radical (unpaired) electrons. The van der Waals surface area contributed by atoms with Gasteiger partial charge in [-0.15, -0.1) is 0 Å². The Morgan fingerprint density at radius 1 is 1.40 bits per heavy atom. The molecule has 0 aliphatic rings.